The average molecular weight is 134 g/mol. The lowest BCUT2D eigenvalue weighted by atomic mass is 10.1. The molecule has 0 aliphatic heterocycles. The molecule has 0 bridgehead atoms. The lowest BCUT2D eigenvalue weighted by molar-refractivity contribution is -0.0632. The third kappa shape index (κ3) is 2.76. The minimum absolute atomic E-state index is 0.329. The van der Waals surface area contributed by atoms with Gasteiger partial charge in [0.1, 0.15) is 0 Å². The molecule has 0 aliphatic rings. The van der Waals surface area contributed by atoms with Gasteiger partial charge in [0.15, 0.2) is 6.29 Å². The molecule has 0 heterocycles. The molecular weight excluding hydrogens is 120 g/mol. The van der Waals surface area contributed by atoms with E-state index < -0.39 is 12.3 Å². The SMILES string of the molecule is CCC(N)C(N)C(O)O. The van der Waals surface area contributed by atoms with Crippen molar-refractivity contribution in [2.45, 2.75) is 31.7 Å². The molecule has 2 unspecified atom stereocenters. The number of nitrogens with two attached hydrogens (primary N) is 2. The van der Waals surface area contributed by atoms with Gasteiger partial charge in [0.05, 0.1) is 6.04 Å². The molecule has 0 aromatic rings. The molecule has 0 saturated heterocycles. The average Bonchev–Trinajstić information content (AvgIpc) is 1.84. The highest BCUT2D eigenvalue weighted by atomic mass is 16.5. The van der Waals surface area contributed by atoms with Crippen LogP contribution in [0.25, 0.3) is 0 Å². The van der Waals surface area contributed by atoms with Gasteiger partial charge in [-0.2, -0.15) is 0 Å². The molecule has 0 radical (unpaired) electrons. The first-order valence-corrected chi connectivity index (χ1v) is 2.97. The Balaban J connectivity index is 3.58. The van der Waals surface area contributed by atoms with Crippen LogP contribution >= 0.6 is 0 Å². The van der Waals surface area contributed by atoms with E-state index in [4.69, 9.17) is 21.7 Å². The van der Waals surface area contributed by atoms with E-state index in [0.717, 1.165) is 0 Å². The van der Waals surface area contributed by atoms with Gasteiger partial charge in [0.2, 0.25) is 0 Å². The number of hydrogen-bond donors (Lipinski definition) is 4. The van der Waals surface area contributed by atoms with E-state index in [2.05, 4.69) is 0 Å². The molecule has 0 saturated carbocycles. The fourth-order valence-electron chi connectivity index (χ4n) is 0.493. The Labute approximate surface area is 54.5 Å². The molecule has 0 amide bonds. The molecule has 0 spiro atoms. The summed E-state index contributed by atoms with van der Waals surface area (Å²) in [7, 11) is 0. The monoisotopic (exact) mass is 134 g/mol. The Morgan fingerprint density at radius 3 is 1.89 bits per heavy atom. The minimum Gasteiger partial charge on any atom is -0.367 e. The highest BCUT2D eigenvalue weighted by Crippen LogP contribution is 1.94. The molecule has 56 valence electrons. The summed E-state index contributed by atoms with van der Waals surface area (Å²) in [4.78, 5) is 0. The fraction of sp³-hybridized carbons (Fsp3) is 1.00. The van der Waals surface area contributed by atoms with Crippen LogP contribution in [0.2, 0.25) is 0 Å². The summed E-state index contributed by atoms with van der Waals surface area (Å²) in [6, 6.07) is -1.06. The lowest BCUT2D eigenvalue weighted by Crippen LogP contribution is -2.48. The fourth-order valence-corrected chi connectivity index (χ4v) is 0.493. The van der Waals surface area contributed by atoms with Gasteiger partial charge in [0.25, 0.3) is 0 Å². The van der Waals surface area contributed by atoms with Crippen molar-refractivity contribution >= 4 is 0 Å². The molecule has 4 nitrogen and oxygen atoms in total. The second-order valence-electron chi connectivity index (χ2n) is 2.06. The van der Waals surface area contributed by atoms with Crippen molar-refractivity contribution in [2.75, 3.05) is 0 Å². The van der Waals surface area contributed by atoms with Crippen LogP contribution in [0.15, 0.2) is 0 Å². The van der Waals surface area contributed by atoms with Crippen LogP contribution in [0.4, 0.5) is 0 Å². The van der Waals surface area contributed by atoms with Crippen molar-refractivity contribution in [3.8, 4) is 0 Å². The van der Waals surface area contributed by atoms with E-state index >= 15 is 0 Å². The predicted octanol–water partition coefficient (Wildman–Crippen LogP) is -1.64. The first-order valence-electron chi connectivity index (χ1n) is 2.97. The van der Waals surface area contributed by atoms with Crippen LogP contribution < -0.4 is 11.5 Å². The van der Waals surface area contributed by atoms with Gasteiger partial charge in [-0.3, -0.25) is 0 Å². The van der Waals surface area contributed by atoms with Crippen LogP contribution in [0, 0.1) is 0 Å². The van der Waals surface area contributed by atoms with Gasteiger partial charge in [-0.15, -0.1) is 0 Å². The van der Waals surface area contributed by atoms with Gasteiger partial charge >= 0.3 is 0 Å². The molecule has 0 aromatic heterocycles. The Morgan fingerprint density at radius 1 is 1.33 bits per heavy atom. The van der Waals surface area contributed by atoms with Crippen LogP contribution in [0.5, 0.6) is 0 Å². The van der Waals surface area contributed by atoms with Crippen molar-refractivity contribution in [1.82, 2.24) is 0 Å². The van der Waals surface area contributed by atoms with Crippen molar-refractivity contribution in [2.24, 2.45) is 11.5 Å². The van der Waals surface area contributed by atoms with Crippen LogP contribution in [0.3, 0.4) is 0 Å². The van der Waals surface area contributed by atoms with Crippen molar-refractivity contribution in [1.29, 1.82) is 0 Å². The van der Waals surface area contributed by atoms with Crippen molar-refractivity contribution in [3.63, 3.8) is 0 Å². The van der Waals surface area contributed by atoms with Gasteiger partial charge < -0.3 is 21.7 Å². The molecule has 0 aliphatic carbocycles. The molecule has 6 N–H and O–H groups in total. The highest BCUT2D eigenvalue weighted by molar-refractivity contribution is 4.75. The smallest absolute Gasteiger partial charge is 0.168 e. The van der Waals surface area contributed by atoms with Gasteiger partial charge in [0, 0.05) is 6.04 Å². The minimum atomic E-state index is -1.50. The third-order valence-electron chi connectivity index (χ3n) is 1.31. The second-order valence-corrected chi connectivity index (χ2v) is 2.06. The maximum Gasteiger partial charge on any atom is 0.168 e. The van der Waals surface area contributed by atoms with Crippen LogP contribution in [-0.2, 0) is 0 Å². The van der Waals surface area contributed by atoms with Crippen molar-refractivity contribution in [3.05, 3.63) is 0 Å². The molecular formula is C5H14N2O2. The predicted molar refractivity (Wildman–Crippen MR) is 34.5 cm³/mol. The Morgan fingerprint density at radius 2 is 1.78 bits per heavy atom. The molecule has 0 rings (SSSR count). The first-order chi connectivity index (χ1) is 4.09. The molecule has 9 heavy (non-hydrogen) atoms. The highest BCUT2D eigenvalue weighted by Gasteiger charge is 2.17. The summed E-state index contributed by atoms with van der Waals surface area (Å²) in [5.74, 6) is 0. The summed E-state index contributed by atoms with van der Waals surface area (Å²) in [6.45, 7) is 1.84. The van der Waals surface area contributed by atoms with Gasteiger partial charge in [-0.05, 0) is 6.42 Å². The van der Waals surface area contributed by atoms with Gasteiger partial charge in [-0.25, -0.2) is 0 Å². The maximum atomic E-state index is 8.47. The Kier molecular flexibility index (Phi) is 3.72. The standard InChI is InChI=1S/C5H14N2O2/c1-2-3(6)4(7)5(8)9/h3-5,8-9H,2,6-7H2,1H3. The Bertz CT molecular complexity index is 77.4. The summed E-state index contributed by atoms with van der Waals surface area (Å²) in [5.41, 5.74) is 10.6. The van der Waals surface area contributed by atoms with E-state index in [0.29, 0.717) is 6.42 Å². The zero-order valence-corrected chi connectivity index (χ0v) is 5.49. The van der Waals surface area contributed by atoms with E-state index in [9.17, 15) is 0 Å². The summed E-state index contributed by atoms with van der Waals surface area (Å²) < 4.78 is 0. The first kappa shape index (κ1) is 8.84. The quantitative estimate of drug-likeness (QED) is 0.348. The summed E-state index contributed by atoms with van der Waals surface area (Å²) in [6.07, 6.45) is -0.848. The van der Waals surface area contributed by atoms with E-state index in [1.807, 2.05) is 6.92 Å². The van der Waals surface area contributed by atoms with E-state index in [1.165, 1.54) is 0 Å². The summed E-state index contributed by atoms with van der Waals surface area (Å²) >= 11 is 0. The third-order valence-corrected chi connectivity index (χ3v) is 1.31. The van der Waals surface area contributed by atoms with E-state index in [-0.39, 0.29) is 6.04 Å². The number of rotatable bonds is 3. The second kappa shape index (κ2) is 3.79. The molecule has 0 aromatic carbocycles. The number of hydrogen-bond acceptors (Lipinski definition) is 4. The largest absolute Gasteiger partial charge is 0.367 e. The van der Waals surface area contributed by atoms with Crippen LogP contribution in [-0.4, -0.2) is 28.6 Å². The van der Waals surface area contributed by atoms with Crippen molar-refractivity contribution < 1.29 is 10.2 Å². The normalized spacial score (nSPS) is 18.0. The topological polar surface area (TPSA) is 92.5 Å². The molecule has 2 atom stereocenters. The zero-order chi connectivity index (χ0) is 7.44. The van der Waals surface area contributed by atoms with E-state index in [1.54, 1.807) is 0 Å². The maximum absolute atomic E-state index is 8.47. The number of aliphatic hydroxyl groups is 2. The Hall–Kier alpha value is -0.160. The summed E-state index contributed by atoms with van der Waals surface area (Å²) in [5, 5.41) is 16.9. The van der Waals surface area contributed by atoms with Gasteiger partial charge in [-0.1, -0.05) is 6.92 Å². The number of aliphatic hydroxyl groups excluding tert-OH is 1. The van der Waals surface area contributed by atoms with Crippen LogP contribution in [0.1, 0.15) is 13.3 Å². The molecule has 4 heteroatoms. The lowest BCUT2D eigenvalue weighted by Gasteiger charge is -2.19. The zero-order valence-electron chi connectivity index (χ0n) is 5.49. The molecule has 0 fully saturated rings.